The van der Waals surface area contributed by atoms with Gasteiger partial charge in [0.05, 0.1) is 18.0 Å². The number of halogens is 1. The van der Waals surface area contributed by atoms with Crippen molar-refractivity contribution in [2.45, 2.75) is 13.5 Å². The van der Waals surface area contributed by atoms with Crippen LogP contribution in [0, 0.1) is 12.7 Å². The molecule has 4 nitrogen and oxygen atoms in total. The van der Waals surface area contributed by atoms with E-state index in [9.17, 15) is 4.39 Å². The summed E-state index contributed by atoms with van der Waals surface area (Å²) in [6, 6.07) is 5.93. The highest BCUT2D eigenvalue weighted by molar-refractivity contribution is 5.33. The summed E-state index contributed by atoms with van der Waals surface area (Å²) in [6.07, 6.45) is 0. The summed E-state index contributed by atoms with van der Waals surface area (Å²) in [7, 11) is 0. The number of hydrogen-bond donors (Lipinski definition) is 1. The van der Waals surface area contributed by atoms with Crippen LogP contribution in [0.5, 0.6) is 0 Å². The Morgan fingerprint density at radius 3 is 2.53 bits per heavy atom. The van der Waals surface area contributed by atoms with Crippen LogP contribution < -0.4 is 0 Å². The molecule has 2 rings (SSSR count). The van der Waals surface area contributed by atoms with E-state index in [1.165, 1.54) is 12.1 Å². The molecule has 0 amide bonds. The molecule has 0 aliphatic carbocycles. The van der Waals surface area contributed by atoms with Crippen LogP contribution in [0.25, 0.3) is 5.69 Å². The van der Waals surface area contributed by atoms with Gasteiger partial charge in [-0.05, 0) is 31.2 Å². The number of nitrogens with zero attached hydrogens (tertiary/aromatic N) is 3. The fourth-order valence-electron chi connectivity index (χ4n) is 1.33. The Labute approximate surface area is 86.0 Å². The third-order valence-electron chi connectivity index (χ3n) is 2.21. The molecule has 0 fully saturated rings. The summed E-state index contributed by atoms with van der Waals surface area (Å²) >= 11 is 0. The molecule has 0 atom stereocenters. The predicted molar refractivity (Wildman–Crippen MR) is 52.0 cm³/mol. The molecule has 15 heavy (non-hydrogen) atoms. The Bertz CT molecular complexity index is 464. The summed E-state index contributed by atoms with van der Waals surface area (Å²) in [5, 5.41) is 16.6. The molecular formula is C10H10FN3O. The van der Waals surface area contributed by atoms with Crippen LogP contribution in [0.3, 0.4) is 0 Å². The van der Waals surface area contributed by atoms with Gasteiger partial charge in [0.25, 0.3) is 0 Å². The van der Waals surface area contributed by atoms with E-state index in [1.54, 1.807) is 23.7 Å². The Kier molecular flexibility index (Phi) is 2.47. The summed E-state index contributed by atoms with van der Waals surface area (Å²) in [5.74, 6) is -0.293. The first-order valence-electron chi connectivity index (χ1n) is 4.50. The zero-order valence-corrected chi connectivity index (χ0v) is 8.18. The summed E-state index contributed by atoms with van der Waals surface area (Å²) < 4.78 is 14.2. The molecule has 0 spiro atoms. The number of benzene rings is 1. The van der Waals surface area contributed by atoms with Gasteiger partial charge in [-0.2, -0.15) is 0 Å². The maximum Gasteiger partial charge on any atom is 0.123 e. The highest BCUT2D eigenvalue weighted by Crippen LogP contribution is 2.12. The molecule has 1 aromatic heterocycles. The van der Waals surface area contributed by atoms with Crippen molar-refractivity contribution in [1.82, 2.24) is 15.0 Å². The lowest BCUT2D eigenvalue weighted by Gasteiger charge is -2.02. The highest BCUT2D eigenvalue weighted by atomic mass is 19.1. The normalized spacial score (nSPS) is 10.6. The van der Waals surface area contributed by atoms with E-state index in [0.717, 1.165) is 11.4 Å². The predicted octanol–water partition coefficient (Wildman–Crippen LogP) is 1.21. The van der Waals surface area contributed by atoms with Gasteiger partial charge in [-0.25, -0.2) is 9.07 Å². The molecule has 2 aromatic rings. The van der Waals surface area contributed by atoms with E-state index < -0.39 is 0 Å². The summed E-state index contributed by atoms with van der Waals surface area (Å²) in [5.41, 5.74) is 2.00. The van der Waals surface area contributed by atoms with Crippen LogP contribution in [0.1, 0.15) is 11.4 Å². The SMILES string of the molecule is Cc1c(CO)nnn1-c1ccc(F)cc1. The smallest absolute Gasteiger partial charge is 0.123 e. The average Bonchev–Trinajstić information content (AvgIpc) is 2.61. The number of rotatable bonds is 2. The van der Waals surface area contributed by atoms with Crippen LogP contribution in [0.15, 0.2) is 24.3 Å². The van der Waals surface area contributed by atoms with Gasteiger partial charge in [0.2, 0.25) is 0 Å². The van der Waals surface area contributed by atoms with Crippen molar-refractivity contribution < 1.29 is 9.50 Å². The van der Waals surface area contributed by atoms with E-state index in [-0.39, 0.29) is 12.4 Å². The van der Waals surface area contributed by atoms with Crippen molar-refractivity contribution in [2.24, 2.45) is 0 Å². The summed E-state index contributed by atoms with van der Waals surface area (Å²) in [6.45, 7) is 1.65. The first-order chi connectivity index (χ1) is 7.22. The first kappa shape index (κ1) is 9.79. The average molecular weight is 207 g/mol. The second-order valence-corrected chi connectivity index (χ2v) is 3.17. The molecule has 1 heterocycles. The first-order valence-corrected chi connectivity index (χ1v) is 4.50. The van der Waals surface area contributed by atoms with E-state index in [1.807, 2.05) is 0 Å². The molecule has 0 unspecified atom stereocenters. The van der Waals surface area contributed by atoms with Gasteiger partial charge in [-0.1, -0.05) is 5.21 Å². The topological polar surface area (TPSA) is 50.9 Å². The van der Waals surface area contributed by atoms with Gasteiger partial charge in [0.15, 0.2) is 0 Å². The van der Waals surface area contributed by atoms with E-state index in [2.05, 4.69) is 10.3 Å². The van der Waals surface area contributed by atoms with Crippen molar-refractivity contribution >= 4 is 0 Å². The number of aliphatic hydroxyl groups is 1. The van der Waals surface area contributed by atoms with Crippen molar-refractivity contribution in [3.05, 3.63) is 41.5 Å². The van der Waals surface area contributed by atoms with E-state index in [0.29, 0.717) is 5.69 Å². The lowest BCUT2D eigenvalue weighted by molar-refractivity contribution is 0.276. The molecule has 0 aliphatic heterocycles. The van der Waals surface area contributed by atoms with Crippen LogP contribution in [0.2, 0.25) is 0 Å². The molecule has 78 valence electrons. The fourth-order valence-corrected chi connectivity index (χ4v) is 1.33. The molecule has 0 radical (unpaired) electrons. The molecule has 5 heteroatoms. The van der Waals surface area contributed by atoms with Crippen LogP contribution in [-0.2, 0) is 6.61 Å². The van der Waals surface area contributed by atoms with Crippen molar-refractivity contribution in [3.8, 4) is 5.69 Å². The minimum absolute atomic E-state index is 0.146. The van der Waals surface area contributed by atoms with Gasteiger partial charge >= 0.3 is 0 Å². The quantitative estimate of drug-likeness (QED) is 0.805. The lowest BCUT2D eigenvalue weighted by atomic mass is 10.3. The Hall–Kier alpha value is -1.75. The Morgan fingerprint density at radius 1 is 1.33 bits per heavy atom. The Morgan fingerprint density at radius 2 is 2.00 bits per heavy atom. The van der Waals surface area contributed by atoms with Crippen LogP contribution >= 0.6 is 0 Å². The molecule has 1 N–H and O–H groups in total. The summed E-state index contributed by atoms with van der Waals surface area (Å²) in [4.78, 5) is 0. The monoisotopic (exact) mass is 207 g/mol. The molecular weight excluding hydrogens is 197 g/mol. The van der Waals surface area contributed by atoms with Gasteiger partial charge in [-0.3, -0.25) is 0 Å². The van der Waals surface area contributed by atoms with E-state index in [4.69, 9.17) is 5.11 Å². The number of aromatic nitrogens is 3. The standard InChI is InChI=1S/C10H10FN3O/c1-7-10(6-15)12-13-14(7)9-4-2-8(11)3-5-9/h2-5,15H,6H2,1H3. The maximum atomic E-state index is 12.7. The van der Waals surface area contributed by atoms with Crippen molar-refractivity contribution in [2.75, 3.05) is 0 Å². The van der Waals surface area contributed by atoms with Gasteiger partial charge < -0.3 is 5.11 Å². The van der Waals surface area contributed by atoms with Gasteiger partial charge in [0, 0.05) is 0 Å². The van der Waals surface area contributed by atoms with Gasteiger partial charge in [0.1, 0.15) is 11.5 Å². The molecule has 0 aliphatic rings. The highest BCUT2D eigenvalue weighted by Gasteiger charge is 2.08. The third kappa shape index (κ3) is 1.73. The zero-order chi connectivity index (χ0) is 10.8. The van der Waals surface area contributed by atoms with Crippen LogP contribution in [-0.4, -0.2) is 20.1 Å². The number of hydrogen-bond acceptors (Lipinski definition) is 3. The second-order valence-electron chi connectivity index (χ2n) is 3.17. The van der Waals surface area contributed by atoms with Gasteiger partial charge in [-0.15, -0.1) is 5.10 Å². The Balaban J connectivity index is 2.45. The maximum absolute atomic E-state index is 12.7. The lowest BCUT2D eigenvalue weighted by Crippen LogP contribution is -1.99. The van der Waals surface area contributed by atoms with Crippen LogP contribution in [0.4, 0.5) is 4.39 Å². The molecule has 0 bridgehead atoms. The second kappa shape index (κ2) is 3.78. The number of aliphatic hydroxyl groups excluding tert-OH is 1. The van der Waals surface area contributed by atoms with Crippen molar-refractivity contribution in [1.29, 1.82) is 0 Å². The minimum Gasteiger partial charge on any atom is -0.390 e. The fraction of sp³-hybridized carbons (Fsp3) is 0.200. The van der Waals surface area contributed by atoms with E-state index >= 15 is 0 Å². The largest absolute Gasteiger partial charge is 0.390 e. The molecule has 0 saturated carbocycles. The third-order valence-corrected chi connectivity index (χ3v) is 2.21. The zero-order valence-electron chi connectivity index (χ0n) is 8.18. The molecule has 1 aromatic carbocycles. The molecule has 0 saturated heterocycles. The van der Waals surface area contributed by atoms with Crippen molar-refractivity contribution in [3.63, 3.8) is 0 Å². The minimum atomic E-state index is -0.293.